The van der Waals surface area contributed by atoms with E-state index in [1.807, 2.05) is 56.3 Å². The number of anilines is 3. The topological polar surface area (TPSA) is 69.0 Å². The molecule has 0 atom stereocenters. The molecule has 0 fully saturated rings. The van der Waals surface area contributed by atoms with Gasteiger partial charge in [-0.3, -0.25) is 4.79 Å². The summed E-state index contributed by atoms with van der Waals surface area (Å²) in [4.78, 5) is 18.9. The molecule has 0 spiro atoms. The minimum absolute atomic E-state index is 0.131. The molecule has 2 aromatic carbocycles. The fourth-order valence-corrected chi connectivity index (χ4v) is 2.77. The van der Waals surface area contributed by atoms with E-state index >= 15 is 0 Å². The Labute approximate surface area is 158 Å². The predicted octanol–water partition coefficient (Wildman–Crippen LogP) is 4.67. The third-order valence-electron chi connectivity index (χ3n) is 4.16. The molecule has 27 heavy (non-hydrogen) atoms. The lowest BCUT2D eigenvalue weighted by Crippen LogP contribution is -2.31. The average molecular weight is 356 g/mol. The summed E-state index contributed by atoms with van der Waals surface area (Å²) >= 11 is 0. The fraction of sp³-hybridized carbons (Fsp3) is 0.136. The van der Waals surface area contributed by atoms with Gasteiger partial charge in [0, 0.05) is 17.9 Å². The monoisotopic (exact) mass is 356 g/mol. The van der Waals surface area contributed by atoms with Crippen LogP contribution in [0.15, 0.2) is 66.9 Å². The number of nitriles is 1. The second-order valence-corrected chi connectivity index (χ2v) is 6.13. The van der Waals surface area contributed by atoms with Gasteiger partial charge >= 0.3 is 0 Å². The van der Waals surface area contributed by atoms with Crippen molar-refractivity contribution in [2.45, 2.75) is 13.8 Å². The number of pyridine rings is 1. The van der Waals surface area contributed by atoms with Gasteiger partial charge in [0.05, 0.1) is 23.5 Å². The number of aromatic nitrogens is 1. The average Bonchev–Trinajstić information content (AvgIpc) is 2.70. The zero-order valence-corrected chi connectivity index (χ0v) is 15.3. The lowest BCUT2D eigenvalue weighted by Gasteiger charge is -2.21. The Kier molecular flexibility index (Phi) is 5.48. The van der Waals surface area contributed by atoms with E-state index in [1.54, 1.807) is 29.3 Å². The highest BCUT2D eigenvalue weighted by Crippen LogP contribution is 2.20. The maximum atomic E-state index is 12.8. The van der Waals surface area contributed by atoms with E-state index in [-0.39, 0.29) is 5.91 Å². The summed E-state index contributed by atoms with van der Waals surface area (Å²) in [7, 11) is 0. The van der Waals surface area contributed by atoms with Crippen molar-refractivity contribution in [1.82, 2.24) is 4.98 Å². The van der Waals surface area contributed by atoms with Crippen molar-refractivity contribution in [1.29, 1.82) is 5.26 Å². The second kappa shape index (κ2) is 8.15. The van der Waals surface area contributed by atoms with Crippen LogP contribution in [0.4, 0.5) is 17.1 Å². The van der Waals surface area contributed by atoms with Crippen LogP contribution in [0.25, 0.3) is 0 Å². The molecular weight excluding hydrogens is 336 g/mol. The van der Waals surface area contributed by atoms with Crippen LogP contribution < -0.4 is 10.2 Å². The van der Waals surface area contributed by atoms with Crippen LogP contribution >= 0.6 is 0 Å². The summed E-state index contributed by atoms with van der Waals surface area (Å²) in [6.45, 7) is 4.51. The van der Waals surface area contributed by atoms with Crippen LogP contribution in [-0.4, -0.2) is 17.4 Å². The Hall–Kier alpha value is -3.65. The van der Waals surface area contributed by atoms with Gasteiger partial charge in [-0.05, 0) is 67.9 Å². The third-order valence-corrected chi connectivity index (χ3v) is 4.16. The summed E-state index contributed by atoms with van der Waals surface area (Å²) in [5.41, 5.74) is 4.59. The van der Waals surface area contributed by atoms with Gasteiger partial charge in [-0.2, -0.15) is 5.26 Å². The number of hydrogen-bond acceptors (Lipinski definition) is 4. The molecule has 5 heteroatoms. The summed E-state index contributed by atoms with van der Waals surface area (Å²) in [5, 5.41) is 12.1. The molecule has 134 valence electrons. The number of aryl methyl sites for hydroxylation is 1. The molecule has 0 aliphatic carbocycles. The van der Waals surface area contributed by atoms with Crippen LogP contribution in [0.3, 0.4) is 0 Å². The SMILES string of the molecule is CCN(C(=O)c1ccc(Nc2ccc(C#N)cc2)cn1)c1cccc(C)c1. The van der Waals surface area contributed by atoms with Crippen molar-refractivity contribution < 1.29 is 4.79 Å². The number of nitrogens with zero attached hydrogens (tertiary/aromatic N) is 3. The molecule has 1 amide bonds. The molecule has 0 bridgehead atoms. The van der Waals surface area contributed by atoms with Crippen LogP contribution in [-0.2, 0) is 0 Å². The Morgan fingerprint density at radius 1 is 1.11 bits per heavy atom. The largest absolute Gasteiger partial charge is 0.354 e. The van der Waals surface area contributed by atoms with Gasteiger partial charge in [-0.15, -0.1) is 0 Å². The van der Waals surface area contributed by atoms with E-state index in [0.717, 1.165) is 22.6 Å². The zero-order chi connectivity index (χ0) is 19.2. The van der Waals surface area contributed by atoms with Gasteiger partial charge < -0.3 is 10.2 Å². The molecule has 3 aromatic rings. The number of rotatable bonds is 5. The van der Waals surface area contributed by atoms with Crippen LogP contribution in [0, 0.1) is 18.3 Å². The maximum absolute atomic E-state index is 12.8. The Bertz CT molecular complexity index is 972. The first kappa shape index (κ1) is 18.2. The van der Waals surface area contributed by atoms with Crippen molar-refractivity contribution in [3.63, 3.8) is 0 Å². The van der Waals surface area contributed by atoms with Crippen LogP contribution in [0.1, 0.15) is 28.5 Å². The van der Waals surface area contributed by atoms with E-state index < -0.39 is 0 Å². The molecule has 3 rings (SSSR count). The highest BCUT2D eigenvalue weighted by atomic mass is 16.2. The second-order valence-electron chi connectivity index (χ2n) is 6.13. The standard InChI is InChI=1S/C22H20N4O/c1-3-26(20-6-4-5-16(2)13-20)22(27)21-12-11-19(15-24-21)25-18-9-7-17(14-23)8-10-18/h4-13,15,25H,3H2,1-2H3. The first-order valence-electron chi connectivity index (χ1n) is 8.72. The number of hydrogen-bond donors (Lipinski definition) is 1. The van der Waals surface area contributed by atoms with Gasteiger partial charge in [0.25, 0.3) is 5.91 Å². The van der Waals surface area contributed by atoms with Crippen molar-refractivity contribution in [2.75, 3.05) is 16.8 Å². The molecule has 0 aliphatic heterocycles. The molecule has 0 radical (unpaired) electrons. The molecule has 1 N–H and O–H groups in total. The van der Waals surface area contributed by atoms with Gasteiger partial charge in [0.1, 0.15) is 5.69 Å². The Morgan fingerprint density at radius 2 is 1.85 bits per heavy atom. The first-order chi connectivity index (χ1) is 13.1. The van der Waals surface area contributed by atoms with Crippen LogP contribution in [0.2, 0.25) is 0 Å². The van der Waals surface area contributed by atoms with Gasteiger partial charge in [0.2, 0.25) is 0 Å². The Morgan fingerprint density at radius 3 is 2.44 bits per heavy atom. The third kappa shape index (κ3) is 4.31. The van der Waals surface area contributed by atoms with Crippen molar-refractivity contribution >= 4 is 23.0 Å². The molecule has 0 aliphatic rings. The predicted molar refractivity (Wildman–Crippen MR) is 107 cm³/mol. The smallest absolute Gasteiger partial charge is 0.276 e. The van der Waals surface area contributed by atoms with Crippen LogP contribution in [0.5, 0.6) is 0 Å². The summed E-state index contributed by atoms with van der Waals surface area (Å²) in [6, 6.07) is 20.6. The summed E-state index contributed by atoms with van der Waals surface area (Å²) in [6.07, 6.45) is 1.63. The Balaban J connectivity index is 1.75. The van der Waals surface area contributed by atoms with Crippen molar-refractivity contribution in [2.24, 2.45) is 0 Å². The zero-order valence-electron chi connectivity index (χ0n) is 15.3. The molecular formula is C22H20N4O. The maximum Gasteiger partial charge on any atom is 0.276 e. The van der Waals surface area contributed by atoms with E-state index in [4.69, 9.17) is 5.26 Å². The van der Waals surface area contributed by atoms with E-state index in [2.05, 4.69) is 16.4 Å². The molecule has 5 nitrogen and oxygen atoms in total. The van der Waals surface area contributed by atoms with E-state index in [0.29, 0.717) is 17.8 Å². The number of nitrogens with one attached hydrogen (secondary N) is 1. The summed E-state index contributed by atoms with van der Waals surface area (Å²) < 4.78 is 0. The van der Waals surface area contributed by atoms with E-state index in [1.165, 1.54) is 0 Å². The lowest BCUT2D eigenvalue weighted by molar-refractivity contribution is 0.0983. The highest BCUT2D eigenvalue weighted by Gasteiger charge is 2.17. The van der Waals surface area contributed by atoms with E-state index in [9.17, 15) is 4.79 Å². The fourth-order valence-electron chi connectivity index (χ4n) is 2.77. The normalized spacial score (nSPS) is 10.1. The van der Waals surface area contributed by atoms with Gasteiger partial charge in [-0.1, -0.05) is 12.1 Å². The van der Waals surface area contributed by atoms with Crippen molar-refractivity contribution in [3.8, 4) is 6.07 Å². The van der Waals surface area contributed by atoms with Gasteiger partial charge in [0.15, 0.2) is 0 Å². The number of carbonyl (C=O) groups is 1. The minimum atomic E-state index is -0.131. The molecule has 1 heterocycles. The molecule has 1 aromatic heterocycles. The number of benzene rings is 2. The molecule has 0 saturated heterocycles. The number of amides is 1. The number of carbonyl (C=O) groups excluding carboxylic acids is 1. The minimum Gasteiger partial charge on any atom is -0.354 e. The highest BCUT2D eigenvalue weighted by molar-refractivity contribution is 6.04. The van der Waals surface area contributed by atoms with Crippen molar-refractivity contribution in [3.05, 3.63) is 83.7 Å². The van der Waals surface area contributed by atoms with Gasteiger partial charge in [-0.25, -0.2) is 4.98 Å². The molecule has 0 saturated carbocycles. The quantitative estimate of drug-likeness (QED) is 0.721. The first-order valence-corrected chi connectivity index (χ1v) is 8.72. The summed E-state index contributed by atoms with van der Waals surface area (Å²) in [5.74, 6) is -0.131. The molecule has 0 unspecified atom stereocenters. The lowest BCUT2D eigenvalue weighted by atomic mass is 10.2.